The number of carbonyl (C=O) groups is 3. The van der Waals surface area contributed by atoms with Crippen LogP contribution in [0.3, 0.4) is 0 Å². The van der Waals surface area contributed by atoms with Crippen LogP contribution in [0.25, 0.3) is 0 Å². The molecule has 2 saturated heterocycles. The molecule has 4 N–H and O–H groups in total. The zero-order chi connectivity index (χ0) is 38.4. The second kappa shape index (κ2) is 19.5. The predicted octanol–water partition coefficient (Wildman–Crippen LogP) is 3.07. The summed E-state index contributed by atoms with van der Waals surface area (Å²) in [5.41, 5.74) is -0.704. The van der Waals surface area contributed by atoms with Gasteiger partial charge in [0.1, 0.15) is 17.8 Å². The standard InChI is InChI=1S/C33H43ClN3O10.C3H8S.Y/c1-18-8-7-9-23(16-39)33(44)14-25(45-31(43)35-33)19(2)29-32(4,47-29)26(46-30(42)20(3)36(5)17-40)13-27(41)37(6)24-12-21(10-18)11-22(15-38)28(24)34;1-3(2)4;/h7-9,11-12,19-20,23,25-26,29,38-39,44H,10,13-16H2,1-6H3,(H,35,43);3-4H,1-2H3;/q-1;;/p-1/b9-7+,18-8+;;/t19-,20+,23+,25+,26+,29+,32+,33+;;/m1../s1. The van der Waals surface area contributed by atoms with E-state index in [0.29, 0.717) is 22.9 Å². The van der Waals surface area contributed by atoms with Crippen molar-refractivity contribution in [1.82, 2.24) is 10.2 Å². The molecule has 3 amide bonds. The molecule has 4 bridgehead atoms. The maximum absolute atomic E-state index is 13.9. The Hall–Kier alpha value is -2.04. The van der Waals surface area contributed by atoms with Crippen LogP contribution >= 0.6 is 11.6 Å². The Balaban J connectivity index is 0.00000178. The maximum Gasteiger partial charge on any atom is 0.409 e. The molecular formula is C36H50ClN3O10SY-2. The molecule has 52 heavy (non-hydrogen) atoms. The van der Waals surface area contributed by atoms with Crippen LogP contribution in [0, 0.1) is 11.8 Å². The van der Waals surface area contributed by atoms with E-state index in [1.807, 2.05) is 20.8 Å². The number of hydrogen-bond donors (Lipinski definition) is 4. The summed E-state index contributed by atoms with van der Waals surface area (Å²) in [6, 6.07) is 2.46. The van der Waals surface area contributed by atoms with Gasteiger partial charge in [-0.15, -0.1) is 0 Å². The average molecular weight is 841 g/mol. The summed E-state index contributed by atoms with van der Waals surface area (Å²) in [7, 11) is 2.90. The summed E-state index contributed by atoms with van der Waals surface area (Å²) >= 11 is 11.3. The Morgan fingerprint density at radius 3 is 2.48 bits per heavy atom. The molecule has 0 unspecified atom stereocenters. The van der Waals surface area contributed by atoms with Crippen molar-refractivity contribution < 1.29 is 81.4 Å². The van der Waals surface area contributed by atoms with Crippen LogP contribution in [0.5, 0.6) is 0 Å². The van der Waals surface area contributed by atoms with Gasteiger partial charge in [-0.2, -0.15) is 11.7 Å². The van der Waals surface area contributed by atoms with Crippen LogP contribution in [-0.4, -0.2) is 106 Å². The molecule has 13 nitrogen and oxygen atoms in total. The fourth-order valence-electron chi connectivity index (χ4n) is 6.17. The van der Waals surface area contributed by atoms with Gasteiger partial charge >= 0.3 is 12.1 Å². The van der Waals surface area contributed by atoms with E-state index in [4.69, 9.17) is 25.8 Å². The molecule has 0 saturated carbocycles. The van der Waals surface area contributed by atoms with E-state index < -0.39 is 72.1 Å². The number of amides is 3. The van der Waals surface area contributed by atoms with Crippen LogP contribution in [-0.2, 0) is 87.0 Å². The number of anilines is 1. The fourth-order valence-corrected chi connectivity index (χ4v) is 6.47. The van der Waals surface area contributed by atoms with Gasteiger partial charge in [0, 0.05) is 58.0 Å². The Morgan fingerprint density at radius 1 is 1.27 bits per heavy atom. The first-order valence-electron chi connectivity index (χ1n) is 16.8. The van der Waals surface area contributed by atoms with Crippen molar-refractivity contribution in [3.8, 4) is 0 Å². The number of nitrogens with zero attached hydrogens (tertiary/aromatic N) is 2. The van der Waals surface area contributed by atoms with Crippen molar-refractivity contribution in [3.63, 3.8) is 0 Å². The number of likely N-dealkylation sites (N-methyl/N-ethyl adjacent to an activating group) is 1. The quantitative estimate of drug-likeness (QED) is 0.109. The molecule has 3 heterocycles. The summed E-state index contributed by atoms with van der Waals surface area (Å²) in [4.78, 5) is 53.3. The van der Waals surface area contributed by atoms with Crippen LogP contribution in [0.2, 0.25) is 5.02 Å². The van der Waals surface area contributed by atoms with Crippen LogP contribution in [0.1, 0.15) is 65.5 Å². The van der Waals surface area contributed by atoms with E-state index in [1.54, 1.807) is 50.6 Å². The first-order valence-corrected chi connectivity index (χ1v) is 17.7. The predicted molar refractivity (Wildman–Crippen MR) is 193 cm³/mol. The average Bonchev–Trinajstić information content (AvgIpc) is 3.76. The number of aliphatic hydroxyl groups is 3. The smallest absolute Gasteiger partial charge is 0.409 e. The third kappa shape index (κ3) is 11.3. The molecule has 8 atom stereocenters. The number of epoxide rings is 1. The Bertz CT molecular complexity index is 1510. The van der Waals surface area contributed by atoms with E-state index in [9.17, 15) is 34.5 Å². The minimum absolute atomic E-state index is 0. The largest absolute Gasteiger partial charge is 0.790 e. The molecule has 0 aromatic heterocycles. The molecule has 4 rings (SSSR count). The van der Waals surface area contributed by atoms with Gasteiger partial charge in [0.05, 0.1) is 42.5 Å². The van der Waals surface area contributed by atoms with E-state index in [0.717, 1.165) is 16.0 Å². The number of fused-ring (bicyclic) bond motifs is 5. The van der Waals surface area contributed by atoms with Crippen LogP contribution in [0.4, 0.5) is 10.5 Å². The minimum atomic E-state index is -1.85. The minimum Gasteiger partial charge on any atom is -0.790 e. The van der Waals surface area contributed by atoms with Gasteiger partial charge in [0.25, 0.3) is 0 Å². The first-order chi connectivity index (χ1) is 23.8. The molecular weight excluding hydrogens is 791 g/mol. The number of hydrogen-bond acceptors (Lipinski definition) is 11. The van der Waals surface area contributed by atoms with E-state index in [-0.39, 0.29) is 57.2 Å². The summed E-state index contributed by atoms with van der Waals surface area (Å²) < 4.78 is 17.6. The monoisotopic (exact) mass is 840 g/mol. The number of esters is 1. The number of carbonyl (C=O) groups excluding carboxylic acids is 4. The first kappa shape index (κ1) is 46.1. The van der Waals surface area contributed by atoms with Gasteiger partial charge in [0.2, 0.25) is 5.91 Å². The second-order valence-corrected chi connectivity index (χ2v) is 15.2. The number of benzene rings is 1. The molecule has 1 aromatic carbocycles. The maximum atomic E-state index is 13.9. The number of ether oxygens (including phenoxy) is 3. The van der Waals surface area contributed by atoms with E-state index in [2.05, 4.69) is 17.9 Å². The number of allylic oxidation sites excluding steroid dienone is 3. The third-order valence-electron chi connectivity index (χ3n) is 9.48. The third-order valence-corrected chi connectivity index (χ3v) is 9.91. The molecule has 0 spiro atoms. The van der Waals surface area contributed by atoms with Crippen LogP contribution in [0.15, 0.2) is 35.9 Å². The molecule has 0 aliphatic carbocycles. The van der Waals surface area contributed by atoms with Gasteiger partial charge < -0.3 is 56.8 Å². The van der Waals surface area contributed by atoms with Gasteiger partial charge in [-0.25, -0.2) is 9.59 Å². The van der Waals surface area contributed by atoms with Gasteiger partial charge in [-0.3, -0.25) is 10.1 Å². The Kier molecular flexibility index (Phi) is 17.3. The Morgan fingerprint density at radius 2 is 1.90 bits per heavy atom. The van der Waals surface area contributed by atoms with Crippen LogP contribution < -0.4 is 10.2 Å². The second-order valence-electron chi connectivity index (χ2n) is 13.9. The van der Waals surface area contributed by atoms with Gasteiger partial charge in [-0.1, -0.05) is 62.2 Å². The van der Waals surface area contributed by atoms with Crippen molar-refractivity contribution in [3.05, 3.63) is 52.1 Å². The Labute approximate surface area is 341 Å². The fraction of sp³-hybridized carbons (Fsp3) is 0.611. The van der Waals surface area contributed by atoms with Gasteiger partial charge in [-0.05, 0) is 51.4 Å². The summed E-state index contributed by atoms with van der Waals surface area (Å²) in [5.74, 6) is -2.71. The molecule has 1 aromatic rings. The zero-order valence-corrected chi connectivity index (χ0v) is 35.3. The number of halogens is 1. The van der Waals surface area contributed by atoms with Crippen molar-refractivity contribution in [2.45, 2.75) is 108 Å². The molecule has 16 heteroatoms. The van der Waals surface area contributed by atoms with Crippen molar-refractivity contribution >= 4 is 54.3 Å². The van der Waals surface area contributed by atoms with E-state index >= 15 is 0 Å². The number of rotatable bonds is 6. The molecule has 3 aliphatic heterocycles. The van der Waals surface area contributed by atoms with Crippen molar-refractivity contribution in [2.24, 2.45) is 11.8 Å². The molecule has 287 valence electrons. The van der Waals surface area contributed by atoms with Gasteiger partial charge in [0.15, 0.2) is 5.72 Å². The summed E-state index contributed by atoms with van der Waals surface area (Å²) in [6.07, 6.45) is 3.10. The number of nitrogens with one attached hydrogen (secondary N) is 1. The van der Waals surface area contributed by atoms with Crippen molar-refractivity contribution in [1.29, 1.82) is 0 Å². The summed E-state index contributed by atoms with van der Waals surface area (Å²) in [6.45, 7) is 9.87. The number of alkyl carbamates (subject to hydrolysis) is 1. The summed E-state index contributed by atoms with van der Waals surface area (Å²) in [5, 5.41) is 34.9. The normalized spacial score (nSPS) is 31.2. The SMILES string of the molecule is C/C1=C\C=C\[C@@H](CO)[C@@]2(O)C[C@H](OC(=O)N2)[C@@H](C)[C@@H]2O[C@@]2(C)[C@@H](OC(=O)[C@H](C)N(C)[C-]=O)CC(=O)N(C)c2cc(cc(CO)c2Cl)C1.CC(C)[S-].[Y]. The van der Waals surface area contributed by atoms with Crippen molar-refractivity contribution in [2.75, 3.05) is 25.6 Å². The topological polar surface area (TPSA) is 178 Å². The zero-order valence-electron chi connectivity index (χ0n) is 30.9. The van der Waals surface area contributed by atoms with E-state index in [1.165, 1.54) is 25.9 Å². The molecule has 2 fully saturated rings. The molecule has 1 radical (unpaired) electrons. The number of aliphatic hydroxyl groups excluding tert-OH is 2. The molecule has 3 aliphatic rings.